The molecule has 32 heavy (non-hydrogen) atoms. The Balaban J connectivity index is 1.40. The van der Waals surface area contributed by atoms with E-state index in [1.54, 1.807) is 0 Å². The number of benzene rings is 2. The van der Waals surface area contributed by atoms with E-state index in [0.29, 0.717) is 3.92 Å². The van der Waals surface area contributed by atoms with Crippen LogP contribution in [0.3, 0.4) is 0 Å². The zero-order valence-corrected chi connectivity index (χ0v) is 21.1. The van der Waals surface area contributed by atoms with Crippen molar-refractivity contribution in [2.75, 3.05) is 0 Å². The fourth-order valence-electron chi connectivity index (χ4n) is 3.82. The summed E-state index contributed by atoms with van der Waals surface area (Å²) in [5, 5.41) is 1.05. The zero-order valence-electron chi connectivity index (χ0n) is 18.9. The largest absolute Gasteiger partial charge is 0.494 e. The van der Waals surface area contributed by atoms with E-state index in [9.17, 15) is 0 Å². The van der Waals surface area contributed by atoms with Gasteiger partial charge in [0, 0.05) is 10.9 Å². The molecule has 1 aliphatic rings. The highest BCUT2D eigenvalue weighted by Crippen LogP contribution is 2.37. The molecule has 1 atom stereocenters. The lowest BCUT2D eigenvalue weighted by Crippen LogP contribution is -2.41. The second-order valence-corrected chi connectivity index (χ2v) is 11.2. The smallest absolute Gasteiger partial charge is 0.456 e. The number of alkyl halides is 1. The molecule has 164 valence electrons. The zero-order chi connectivity index (χ0) is 22.7. The summed E-state index contributed by atoms with van der Waals surface area (Å²) in [6, 6.07) is 16.6. The van der Waals surface area contributed by atoms with E-state index in [-0.39, 0.29) is 11.2 Å². The van der Waals surface area contributed by atoms with Crippen molar-refractivity contribution >= 4 is 46.1 Å². The molecule has 0 unspecified atom stereocenters. The molecule has 0 aliphatic carbocycles. The van der Waals surface area contributed by atoms with E-state index in [1.807, 2.05) is 12.3 Å². The van der Waals surface area contributed by atoms with Gasteiger partial charge in [0.2, 0.25) is 0 Å². The summed E-state index contributed by atoms with van der Waals surface area (Å²) in [4.78, 5) is 7.85. The van der Waals surface area contributed by atoms with Gasteiger partial charge in [-0.3, -0.25) is 0 Å². The number of hydrogen-bond donors (Lipinski definition) is 1. The van der Waals surface area contributed by atoms with Crippen molar-refractivity contribution in [2.24, 2.45) is 0 Å². The molecule has 0 radical (unpaired) electrons. The first-order valence-electron chi connectivity index (χ1n) is 10.8. The molecule has 0 saturated carbocycles. The van der Waals surface area contributed by atoms with E-state index in [4.69, 9.17) is 13.7 Å². The average Bonchev–Trinajstić information content (AvgIpc) is 3.44. The van der Waals surface area contributed by atoms with Crippen molar-refractivity contribution in [3.05, 3.63) is 60.6 Å². The molecule has 1 aliphatic heterocycles. The van der Waals surface area contributed by atoms with Crippen molar-refractivity contribution in [3.8, 4) is 22.6 Å². The minimum atomic E-state index is -0.401. The van der Waals surface area contributed by atoms with Gasteiger partial charge in [0.15, 0.2) is 0 Å². The third-order valence-electron chi connectivity index (χ3n) is 6.52. The molecule has 3 heterocycles. The molecule has 0 bridgehead atoms. The van der Waals surface area contributed by atoms with Crippen LogP contribution in [0.4, 0.5) is 0 Å². The maximum absolute atomic E-state index is 6.21. The van der Waals surface area contributed by atoms with Crippen LogP contribution in [0.2, 0.25) is 0 Å². The molecular weight excluding hydrogens is 514 g/mol. The first-order valence-corrected chi connectivity index (χ1v) is 12.1. The Morgan fingerprint density at radius 1 is 0.938 bits per heavy atom. The minimum absolute atomic E-state index is 0.346. The van der Waals surface area contributed by atoms with Crippen LogP contribution in [-0.4, -0.2) is 28.3 Å². The highest BCUT2D eigenvalue weighted by atomic mass is 127. The van der Waals surface area contributed by atoms with Crippen molar-refractivity contribution in [2.45, 2.75) is 49.7 Å². The normalized spacial score (nSPS) is 18.4. The van der Waals surface area contributed by atoms with Crippen molar-refractivity contribution in [3.63, 3.8) is 0 Å². The Morgan fingerprint density at radius 2 is 1.59 bits per heavy atom. The lowest BCUT2D eigenvalue weighted by atomic mass is 9.79. The summed E-state index contributed by atoms with van der Waals surface area (Å²) in [6.07, 6.45) is 1.89. The number of aromatic nitrogens is 2. The first kappa shape index (κ1) is 21.7. The molecule has 5 rings (SSSR count). The summed E-state index contributed by atoms with van der Waals surface area (Å²) in [5.41, 5.74) is 4.21. The van der Waals surface area contributed by atoms with Gasteiger partial charge in [-0.2, -0.15) is 0 Å². The van der Waals surface area contributed by atoms with E-state index >= 15 is 0 Å². The fourth-order valence-corrected chi connectivity index (χ4v) is 4.13. The second-order valence-electron chi connectivity index (χ2n) is 9.37. The molecule has 1 fully saturated rings. The van der Waals surface area contributed by atoms with Crippen molar-refractivity contribution in [1.29, 1.82) is 0 Å². The number of nitrogens with zero attached hydrogens (tertiary/aromatic N) is 1. The van der Waals surface area contributed by atoms with Crippen LogP contribution in [0.25, 0.3) is 33.6 Å². The van der Waals surface area contributed by atoms with E-state index in [0.717, 1.165) is 44.8 Å². The molecule has 2 aromatic carbocycles. The molecular formula is C25H26BIN2O3. The lowest BCUT2D eigenvalue weighted by molar-refractivity contribution is 0.00578. The summed E-state index contributed by atoms with van der Waals surface area (Å²) >= 11 is 2.36. The Kier molecular flexibility index (Phi) is 5.26. The van der Waals surface area contributed by atoms with E-state index in [2.05, 4.69) is 110 Å². The number of hydrogen-bond acceptors (Lipinski definition) is 4. The molecule has 5 nitrogen and oxygen atoms in total. The van der Waals surface area contributed by atoms with Crippen LogP contribution in [0.1, 0.15) is 44.4 Å². The van der Waals surface area contributed by atoms with Gasteiger partial charge >= 0.3 is 7.12 Å². The van der Waals surface area contributed by atoms with E-state index in [1.165, 1.54) is 0 Å². The number of imidazole rings is 1. The van der Waals surface area contributed by atoms with Gasteiger partial charge < -0.3 is 18.7 Å². The number of halogens is 1. The van der Waals surface area contributed by atoms with Gasteiger partial charge in [-0.05, 0) is 57.8 Å². The molecule has 2 aromatic heterocycles. The Labute approximate surface area is 202 Å². The van der Waals surface area contributed by atoms with Gasteiger partial charge in [-0.1, -0.05) is 59.0 Å². The Bertz CT molecular complexity index is 1260. The topological polar surface area (TPSA) is 60.3 Å². The number of fused-ring (bicyclic) bond motifs is 1. The molecule has 0 amide bonds. The van der Waals surface area contributed by atoms with Crippen molar-refractivity contribution < 1.29 is 13.7 Å². The predicted molar refractivity (Wildman–Crippen MR) is 137 cm³/mol. The monoisotopic (exact) mass is 540 g/mol. The quantitative estimate of drug-likeness (QED) is 0.188. The SMILES string of the molecule is C[C@H](I)c1ncc(-c2ccc(-c3cc4ccc(B5OC(C)(C)C(C)(C)O5)cc4o3)cc2)[nH]1. The van der Waals surface area contributed by atoms with Crippen LogP contribution in [0.5, 0.6) is 0 Å². The highest BCUT2D eigenvalue weighted by molar-refractivity contribution is 14.1. The lowest BCUT2D eigenvalue weighted by Gasteiger charge is -2.32. The third-order valence-corrected chi connectivity index (χ3v) is 7.11. The van der Waals surface area contributed by atoms with Gasteiger partial charge in [-0.25, -0.2) is 4.98 Å². The number of rotatable bonds is 4. The molecule has 4 aromatic rings. The standard InChI is InChI=1S/C25H26BIN2O3/c1-15(27)23-28-14-20(29-23)16-6-8-17(9-7-16)21-12-18-10-11-19(13-22(18)30-21)26-31-24(2,3)25(4,5)32-26/h6-15H,1-5H3,(H,28,29)/t15-/m0/s1. The number of furan rings is 1. The summed E-state index contributed by atoms with van der Waals surface area (Å²) in [7, 11) is -0.401. The summed E-state index contributed by atoms with van der Waals surface area (Å²) < 4.78 is 18.9. The first-order chi connectivity index (χ1) is 15.1. The van der Waals surface area contributed by atoms with Crippen LogP contribution in [-0.2, 0) is 9.31 Å². The van der Waals surface area contributed by atoms with Crippen LogP contribution >= 0.6 is 22.6 Å². The van der Waals surface area contributed by atoms with Gasteiger partial charge in [0.1, 0.15) is 17.2 Å². The average molecular weight is 540 g/mol. The van der Waals surface area contributed by atoms with Crippen LogP contribution in [0.15, 0.2) is 59.1 Å². The summed E-state index contributed by atoms with van der Waals surface area (Å²) in [5.74, 6) is 1.82. The Morgan fingerprint density at radius 3 is 2.22 bits per heavy atom. The van der Waals surface area contributed by atoms with Crippen LogP contribution in [0, 0.1) is 0 Å². The number of nitrogens with one attached hydrogen (secondary N) is 1. The maximum Gasteiger partial charge on any atom is 0.494 e. The molecule has 1 saturated heterocycles. The van der Waals surface area contributed by atoms with Gasteiger partial charge in [0.25, 0.3) is 0 Å². The number of aromatic amines is 1. The van der Waals surface area contributed by atoms with Crippen molar-refractivity contribution in [1.82, 2.24) is 9.97 Å². The fraction of sp³-hybridized carbons (Fsp3) is 0.320. The second kappa shape index (κ2) is 7.75. The van der Waals surface area contributed by atoms with Gasteiger partial charge in [0.05, 0.1) is 27.0 Å². The minimum Gasteiger partial charge on any atom is -0.456 e. The maximum atomic E-state index is 6.21. The van der Waals surface area contributed by atoms with Crippen LogP contribution < -0.4 is 5.46 Å². The van der Waals surface area contributed by atoms with Gasteiger partial charge in [-0.15, -0.1) is 0 Å². The predicted octanol–water partition coefficient (Wildman–Crippen LogP) is 6.29. The Hall–Kier alpha value is -2.10. The third kappa shape index (κ3) is 3.80. The number of H-pyrrole nitrogens is 1. The van der Waals surface area contributed by atoms with E-state index < -0.39 is 7.12 Å². The molecule has 7 heteroatoms. The highest BCUT2D eigenvalue weighted by Gasteiger charge is 2.51. The molecule has 1 N–H and O–H groups in total. The molecule has 0 spiro atoms. The summed E-state index contributed by atoms with van der Waals surface area (Å²) in [6.45, 7) is 10.4.